The van der Waals surface area contributed by atoms with E-state index < -0.39 is 40.8 Å². The Hall–Kier alpha value is -5.61. The lowest BCUT2D eigenvalue weighted by molar-refractivity contribution is -0.139. The topological polar surface area (TPSA) is 247 Å². The van der Waals surface area contributed by atoms with Gasteiger partial charge in [-0.05, 0) is 79.6 Å². The molecule has 0 spiro atoms. The van der Waals surface area contributed by atoms with Crippen molar-refractivity contribution in [3.8, 4) is 16.2 Å². The zero-order valence-electron chi connectivity index (χ0n) is 36.4. The molecule has 1 aromatic heterocycles. The molecule has 4 aliphatic heterocycles. The number of halogens is 1. The van der Waals surface area contributed by atoms with Crippen LogP contribution in [0.1, 0.15) is 77.6 Å². The zero-order chi connectivity index (χ0) is 47.4. The van der Waals surface area contributed by atoms with Crippen molar-refractivity contribution in [1.29, 1.82) is 0 Å². The van der Waals surface area contributed by atoms with Crippen molar-refractivity contribution in [3.05, 3.63) is 93.3 Å². The molecule has 4 aliphatic rings. The minimum Gasteiger partial charge on any atom is -0.479 e. The summed E-state index contributed by atoms with van der Waals surface area (Å²) in [6, 6.07) is 19.2. The molecule has 8 rings (SSSR count). The number of benzene rings is 3. The summed E-state index contributed by atoms with van der Waals surface area (Å²) < 4.78 is 33.9. The van der Waals surface area contributed by atoms with Crippen molar-refractivity contribution >= 4 is 79.6 Å². The molecule has 7 N–H and O–H groups in total. The smallest absolute Gasteiger partial charge is 0.341 e. The molecule has 4 aromatic rings. The van der Waals surface area contributed by atoms with Crippen molar-refractivity contribution in [1.82, 2.24) is 19.4 Å². The van der Waals surface area contributed by atoms with Gasteiger partial charge in [0.1, 0.15) is 15.9 Å². The average molecular weight is 979 g/mol. The molecule has 3 aromatic carbocycles. The molecule has 1 atom stereocenters. The summed E-state index contributed by atoms with van der Waals surface area (Å²) in [5.74, 6) is -2.71. The fourth-order valence-electron chi connectivity index (χ4n) is 9.07. The van der Waals surface area contributed by atoms with E-state index in [4.69, 9.17) is 21.4 Å². The molecule has 0 aliphatic carbocycles. The summed E-state index contributed by atoms with van der Waals surface area (Å²) in [6.45, 7) is 2.31. The summed E-state index contributed by atoms with van der Waals surface area (Å²) >= 11 is 7.51. The number of anilines is 3. The van der Waals surface area contributed by atoms with Crippen molar-refractivity contribution in [2.45, 2.75) is 81.7 Å². The van der Waals surface area contributed by atoms with E-state index in [0.29, 0.717) is 72.7 Å². The number of nitrogens with one attached hydrogen (secondary N) is 4. The number of piperidine rings is 3. The van der Waals surface area contributed by atoms with Crippen LogP contribution < -0.4 is 26.0 Å². The number of carboxylic acids is 1. The number of ether oxygens (including phenoxy) is 1. The quantitative estimate of drug-likeness (QED) is 0.0566. The van der Waals surface area contributed by atoms with E-state index in [1.165, 1.54) is 4.31 Å². The van der Waals surface area contributed by atoms with Crippen LogP contribution in [0.2, 0.25) is 5.02 Å². The van der Waals surface area contributed by atoms with E-state index in [1.54, 1.807) is 47.4 Å². The number of carbonyl (C=O) groups is 5. The number of imide groups is 1. The second-order valence-electron chi connectivity index (χ2n) is 17.1. The van der Waals surface area contributed by atoms with Gasteiger partial charge in [0.05, 0.1) is 10.6 Å². The monoisotopic (exact) mass is 977 g/mol. The second kappa shape index (κ2) is 20.7. The van der Waals surface area contributed by atoms with E-state index >= 15 is 0 Å². The molecular weight excluding hydrogens is 926 g/mol. The maximum absolute atomic E-state index is 13.6. The largest absolute Gasteiger partial charge is 0.479 e. The first-order valence-electron chi connectivity index (χ1n) is 22.1. The molecule has 0 saturated carbocycles. The van der Waals surface area contributed by atoms with Gasteiger partial charge in [-0.3, -0.25) is 24.5 Å². The summed E-state index contributed by atoms with van der Waals surface area (Å²) in [6.07, 6.45) is 1.61. The standard InChI is InChI=1S/C46H52ClN7O11S2/c47-40-41(65-25-39(57)58)43(46(61)62)66-42(40)28-5-2-7-32(23-28)48-29-14-20-53(21-15-29)67(63,64)26-27-4-1-6-31(22-27)50-38(56)16-19-52-17-12-30(13-18-52)49-35-9-3-8-33-34(35)24-54(45(33)60)36-10-11-37(55)51-44(36)59/h1-9,22-23,29-30,36,46,48-49,61-62H,10-21,24-26H2,(H,50,56)(H,57,58)(H,51,55,59). The maximum atomic E-state index is 13.6. The second-order valence-corrected chi connectivity index (χ2v) is 20.5. The summed E-state index contributed by atoms with van der Waals surface area (Å²) in [5, 5.41) is 41.2. The molecule has 4 amide bonds. The van der Waals surface area contributed by atoms with Crippen LogP contribution >= 0.6 is 22.9 Å². The van der Waals surface area contributed by atoms with Gasteiger partial charge in [-0.15, -0.1) is 11.3 Å². The number of thiophene rings is 1. The number of carbonyl (C=O) groups excluding carboxylic acids is 4. The Balaban J connectivity index is 0.770. The highest BCUT2D eigenvalue weighted by molar-refractivity contribution is 7.88. The number of carboxylic acid groups (broad SMARTS) is 1. The van der Waals surface area contributed by atoms with Crippen LogP contribution in [-0.2, 0) is 41.5 Å². The van der Waals surface area contributed by atoms with E-state index in [1.807, 2.05) is 24.3 Å². The molecule has 0 bridgehead atoms. The minimum atomic E-state index is -3.67. The van der Waals surface area contributed by atoms with Gasteiger partial charge in [0.2, 0.25) is 27.7 Å². The van der Waals surface area contributed by atoms with Gasteiger partial charge in [-0.25, -0.2) is 17.5 Å². The molecule has 18 nitrogen and oxygen atoms in total. The number of sulfonamides is 1. The average Bonchev–Trinajstić information content (AvgIpc) is 3.81. The van der Waals surface area contributed by atoms with Crippen LogP contribution in [0.15, 0.2) is 66.7 Å². The number of rotatable bonds is 17. The van der Waals surface area contributed by atoms with Crippen LogP contribution in [0.4, 0.5) is 17.1 Å². The van der Waals surface area contributed by atoms with Crippen LogP contribution in [0.5, 0.6) is 5.75 Å². The number of fused-ring (bicyclic) bond motifs is 1. The highest BCUT2D eigenvalue weighted by atomic mass is 35.5. The Labute approximate surface area is 396 Å². The highest BCUT2D eigenvalue weighted by Gasteiger charge is 2.40. The SMILES string of the molecule is O=C(O)COc1c(C(O)O)sc(-c2cccc(NC3CCN(S(=O)(=O)Cc4cccc(NC(=O)CCN5CCC(Nc6cccc7c6CN(C6CCC(=O)NC6=O)C7=O)CC5)c4)CC3)c2)c1Cl. The van der Waals surface area contributed by atoms with Crippen molar-refractivity contribution in [2.75, 3.05) is 55.3 Å². The normalized spacial score (nSPS) is 18.8. The molecule has 21 heteroatoms. The number of aliphatic carboxylic acids is 1. The number of aliphatic hydroxyl groups is 2. The third kappa shape index (κ3) is 11.4. The number of hydrogen-bond donors (Lipinski definition) is 7. The molecule has 356 valence electrons. The third-order valence-electron chi connectivity index (χ3n) is 12.5. The van der Waals surface area contributed by atoms with Crippen molar-refractivity contribution in [2.24, 2.45) is 0 Å². The number of hydrogen-bond acceptors (Lipinski definition) is 14. The lowest BCUT2D eigenvalue weighted by atomic mass is 10.0. The van der Waals surface area contributed by atoms with Gasteiger partial charge in [0.25, 0.3) is 5.91 Å². The number of likely N-dealkylation sites (tertiary alicyclic amines) is 1. The lowest BCUT2D eigenvalue weighted by Crippen LogP contribution is -2.52. The Kier molecular flexibility index (Phi) is 14.8. The predicted molar refractivity (Wildman–Crippen MR) is 251 cm³/mol. The number of nitrogens with zero attached hydrogens (tertiary/aromatic N) is 3. The molecule has 5 heterocycles. The fourth-order valence-corrected chi connectivity index (χ4v) is 12.1. The third-order valence-corrected chi connectivity index (χ3v) is 16.1. The first-order valence-corrected chi connectivity index (χ1v) is 24.9. The summed E-state index contributed by atoms with van der Waals surface area (Å²) in [7, 11) is -3.67. The zero-order valence-corrected chi connectivity index (χ0v) is 38.8. The first kappa shape index (κ1) is 47.9. The summed E-state index contributed by atoms with van der Waals surface area (Å²) in [4.78, 5) is 65.8. The Bertz CT molecular complexity index is 2650. The van der Waals surface area contributed by atoms with Gasteiger partial charge >= 0.3 is 5.97 Å². The van der Waals surface area contributed by atoms with Gasteiger partial charge in [0, 0.05) is 92.4 Å². The van der Waals surface area contributed by atoms with E-state index in [0.717, 1.165) is 54.2 Å². The maximum Gasteiger partial charge on any atom is 0.341 e. The van der Waals surface area contributed by atoms with E-state index in [2.05, 4.69) is 26.2 Å². The molecule has 67 heavy (non-hydrogen) atoms. The summed E-state index contributed by atoms with van der Waals surface area (Å²) in [5.41, 5.74) is 4.74. The highest BCUT2D eigenvalue weighted by Crippen LogP contribution is 2.48. The van der Waals surface area contributed by atoms with E-state index in [9.17, 15) is 42.6 Å². The van der Waals surface area contributed by atoms with Crippen LogP contribution in [-0.4, -0.2) is 125 Å². The van der Waals surface area contributed by atoms with Gasteiger partial charge in [-0.2, -0.15) is 0 Å². The Morgan fingerprint density at radius 3 is 2.33 bits per heavy atom. The molecular formula is C46H52ClN7O11S2. The number of amides is 4. The molecule has 0 radical (unpaired) electrons. The predicted octanol–water partition coefficient (Wildman–Crippen LogP) is 4.59. The molecule has 3 fully saturated rings. The Morgan fingerprint density at radius 2 is 1.60 bits per heavy atom. The van der Waals surface area contributed by atoms with Crippen LogP contribution in [0.25, 0.3) is 10.4 Å². The Morgan fingerprint density at radius 1 is 0.896 bits per heavy atom. The molecule has 1 unspecified atom stereocenters. The minimum absolute atomic E-state index is 0.0157. The van der Waals surface area contributed by atoms with Gasteiger partial charge in [-0.1, -0.05) is 41.9 Å². The van der Waals surface area contributed by atoms with Crippen molar-refractivity contribution < 1.29 is 52.4 Å². The van der Waals surface area contributed by atoms with E-state index in [-0.39, 0.29) is 64.0 Å². The number of aliphatic hydroxyl groups excluding tert-OH is 1. The van der Waals surface area contributed by atoms with Crippen LogP contribution in [0.3, 0.4) is 0 Å². The van der Waals surface area contributed by atoms with Crippen molar-refractivity contribution in [3.63, 3.8) is 0 Å². The lowest BCUT2D eigenvalue weighted by Gasteiger charge is -2.33. The van der Waals surface area contributed by atoms with Crippen LogP contribution in [0, 0.1) is 0 Å². The van der Waals surface area contributed by atoms with Gasteiger partial charge in [0.15, 0.2) is 18.6 Å². The fraction of sp³-hybridized carbons (Fsp3) is 0.413. The first-order chi connectivity index (χ1) is 32.1. The molecule has 3 saturated heterocycles. The van der Waals surface area contributed by atoms with Gasteiger partial charge < -0.3 is 45.8 Å².